The van der Waals surface area contributed by atoms with Gasteiger partial charge in [-0.1, -0.05) is 18.6 Å². The molecule has 3 heterocycles. The predicted octanol–water partition coefficient (Wildman–Crippen LogP) is 2.47. The minimum atomic E-state index is -0.670. The van der Waals surface area contributed by atoms with Crippen molar-refractivity contribution in [2.24, 2.45) is 5.92 Å². The first-order chi connectivity index (χ1) is 18.9. The van der Waals surface area contributed by atoms with Gasteiger partial charge in [0.25, 0.3) is 11.8 Å². The lowest BCUT2D eigenvalue weighted by Crippen LogP contribution is -2.52. The van der Waals surface area contributed by atoms with Crippen molar-refractivity contribution in [3.8, 4) is 0 Å². The highest BCUT2D eigenvalue weighted by Crippen LogP contribution is 2.38. The number of nitrogens with one attached hydrogen (secondary N) is 2. The lowest BCUT2D eigenvalue weighted by molar-refractivity contribution is -0.136. The molecular weight excluding hydrogens is 494 g/mol. The summed E-state index contributed by atoms with van der Waals surface area (Å²) in [6, 6.07) is 13.0. The average Bonchev–Trinajstić information content (AvgIpc) is 3.23. The van der Waals surface area contributed by atoms with Gasteiger partial charge < -0.3 is 20.0 Å². The molecule has 3 fully saturated rings. The molecule has 2 N–H and O–H groups in total. The van der Waals surface area contributed by atoms with Crippen molar-refractivity contribution >= 4 is 29.3 Å². The summed E-state index contributed by atoms with van der Waals surface area (Å²) >= 11 is 0. The summed E-state index contributed by atoms with van der Waals surface area (Å²) in [5.41, 5.74) is 4.08. The van der Waals surface area contributed by atoms with E-state index >= 15 is 0 Å². The van der Waals surface area contributed by atoms with Crippen molar-refractivity contribution in [1.29, 1.82) is 0 Å². The first kappa shape index (κ1) is 25.6. The van der Waals surface area contributed by atoms with Crippen LogP contribution in [0.1, 0.15) is 70.0 Å². The summed E-state index contributed by atoms with van der Waals surface area (Å²) < 4.78 is 0. The number of piperazine rings is 1. The molecule has 204 valence electrons. The van der Waals surface area contributed by atoms with E-state index in [9.17, 15) is 19.2 Å². The van der Waals surface area contributed by atoms with Gasteiger partial charge in [0.15, 0.2) is 0 Å². The smallest absolute Gasteiger partial charge is 0.255 e. The maximum Gasteiger partial charge on any atom is 0.255 e. The number of rotatable bonds is 6. The second kappa shape index (κ2) is 10.4. The zero-order chi connectivity index (χ0) is 27.1. The minimum absolute atomic E-state index is 0.0670. The maximum absolute atomic E-state index is 13.4. The van der Waals surface area contributed by atoms with Crippen LogP contribution in [0.4, 0.5) is 5.69 Å². The van der Waals surface area contributed by atoms with Gasteiger partial charge in [0.05, 0.1) is 6.04 Å². The van der Waals surface area contributed by atoms with Gasteiger partial charge in [-0.05, 0) is 73.7 Å². The molecule has 0 aromatic heterocycles. The molecule has 1 saturated carbocycles. The van der Waals surface area contributed by atoms with Crippen LogP contribution in [0.15, 0.2) is 42.5 Å². The summed E-state index contributed by atoms with van der Waals surface area (Å²) in [7, 11) is 2.15. The van der Waals surface area contributed by atoms with E-state index < -0.39 is 11.9 Å². The molecule has 2 saturated heterocycles. The van der Waals surface area contributed by atoms with Crippen molar-refractivity contribution in [2.45, 2.75) is 50.7 Å². The fourth-order valence-corrected chi connectivity index (χ4v) is 6.14. The Labute approximate surface area is 228 Å². The number of imide groups is 1. The largest absolute Gasteiger partial charge is 0.369 e. The first-order valence-electron chi connectivity index (χ1n) is 14.0. The molecule has 0 spiro atoms. The molecule has 4 amide bonds. The quantitative estimate of drug-likeness (QED) is 0.558. The lowest BCUT2D eigenvalue weighted by Gasteiger charge is -2.36. The van der Waals surface area contributed by atoms with Gasteiger partial charge in [0.1, 0.15) is 6.04 Å². The third kappa shape index (κ3) is 5.03. The Morgan fingerprint density at radius 2 is 1.72 bits per heavy atom. The van der Waals surface area contributed by atoms with E-state index in [1.54, 1.807) is 18.2 Å². The van der Waals surface area contributed by atoms with Crippen LogP contribution in [0.3, 0.4) is 0 Å². The lowest BCUT2D eigenvalue weighted by atomic mass is 9.77. The van der Waals surface area contributed by atoms with Crippen LogP contribution < -0.4 is 15.5 Å². The molecule has 4 aliphatic rings. The third-order valence-electron chi connectivity index (χ3n) is 8.81. The van der Waals surface area contributed by atoms with E-state index in [1.165, 1.54) is 17.0 Å². The van der Waals surface area contributed by atoms with Crippen LogP contribution in [0.25, 0.3) is 0 Å². The van der Waals surface area contributed by atoms with Gasteiger partial charge in [0.2, 0.25) is 11.8 Å². The number of benzene rings is 2. The van der Waals surface area contributed by atoms with Crippen molar-refractivity contribution in [1.82, 2.24) is 20.4 Å². The number of anilines is 1. The topological polar surface area (TPSA) is 102 Å². The Hall–Kier alpha value is -3.72. The maximum atomic E-state index is 13.4. The number of hydrogen-bond donors (Lipinski definition) is 2. The summed E-state index contributed by atoms with van der Waals surface area (Å²) in [5, 5.41) is 5.61. The van der Waals surface area contributed by atoms with Crippen LogP contribution in [-0.4, -0.2) is 72.7 Å². The molecule has 3 aliphatic heterocycles. The monoisotopic (exact) mass is 529 g/mol. The number of fused-ring (bicyclic) bond motifs is 1. The van der Waals surface area contributed by atoms with Crippen LogP contribution in [-0.2, 0) is 16.1 Å². The summed E-state index contributed by atoms with van der Waals surface area (Å²) in [5.74, 6) is -0.742. The molecule has 0 bridgehead atoms. The number of carbonyl (C=O) groups is 4. The molecular formula is C30H35N5O4. The van der Waals surface area contributed by atoms with Crippen LogP contribution in [0.2, 0.25) is 0 Å². The fourth-order valence-electron chi connectivity index (χ4n) is 6.14. The second-order valence-corrected chi connectivity index (χ2v) is 11.3. The molecule has 2 aromatic rings. The van der Waals surface area contributed by atoms with Gasteiger partial charge in [-0.25, -0.2) is 0 Å². The number of nitrogens with zero attached hydrogens (tertiary/aromatic N) is 3. The van der Waals surface area contributed by atoms with Crippen LogP contribution >= 0.6 is 0 Å². The summed E-state index contributed by atoms with van der Waals surface area (Å²) in [4.78, 5) is 56.6. The van der Waals surface area contributed by atoms with E-state index in [-0.39, 0.29) is 36.7 Å². The SMILES string of the molecule is CN1CCN(c2ccc([C@@H](NC(=O)c3ccc4c(c3)CN(C3CCC(=O)NC3=O)C4=O)C3CCC3)cc2)CC1. The Kier molecular flexibility index (Phi) is 6.85. The number of hydrogen-bond acceptors (Lipinski definition) is 6. The van der Waals surface area contributed by atoms with Crippen LogP contribution in [0, 0.1) is 5.92 Å². The van der Waals surface area contributed by atoms with Gasteiger partial charge in [-0.3, -0.25) is 24.5 Å². The fraction of sp³-hybridized carbons (Fsp3) is 0.467. The van der Waals surface area contributed by atoms with E-state index in [4.69, 9.17) is 0 Å². The van der Waals surface area contributed by atoms with E-state index in [2.05, 4.69) is 51.7 Å². The van der Waals surface area contributed by atoms with Gasteiger partial charge >= 0.3 is 0 Å². The second-order valence-electron chi connectivity index (χ2n) is 11.3. The molecule has 1 aliphatic carbocycles. The highest BCUT2D eigenvalue weighted by Gasteiger charge is 2.39. The molecule has 39 heavy (non-hydrogen) atoms. The zero-order valence-electron chi connectivity index (χ0n) is 22.3. The molecule has 0 radical (unpaired) electrons. The minimum Gasteiger partial charge on any atom is -0.369 e. The van der Waals surface area contributed by atoms with Crippen LogP contribution in [0.5, 0.6) is 0 Å². The van der Waals surface area contributed by atoms with Gasteiger partial charge in [-0.15, -0.1) is 0 Å². The Morgan fingerprint density at radius 1 is 0.974 bits per heavy atom. The first-order valence-corrected chi connectivity index (χ1v) is 14.0. The van der Waals surface area contributed by atoms with E-state index in [1.807, 2.05) is 0 Å². The molecule has 2 atom stereocenters. The van der Waals surface area contributed by atoms with Crippen molar-refractivity contribution in [3.63, 3.8) is 0 Å². The molecule has 9 heteroatoms. The Bertz CT molecular complexity index is 1300. The van der Waals surface area contributed by atoms with Crippen molar-refractivity contribution < 1.29 is 19.2 Å². The number of carbonyl (C=O) groups excluding carboxylic acids is 4. The molecule has 6 rings (SSSR count). The number of piperidine rings is 1. The third-order valence-corrected chi connectivity index (χ3v) is 8.81. The molecule has 2 aromatic carbocycles. The standard InChI is InChI=1S/C30H35N5O4/c1-33-13-15-34(16-14-33)23-8-5-20(6-9-23)27(19-3-2-4-19)32-28(37)21-7-10-24-22(17-21)18-35(30(24)39)25-11-12-26(36)31-29(25)38/h5-10,17,19,25,27H,2-4,11-16,18H2,1H3,(H,32,37)(H,31,36,38)/t25?,27-/m0/s1. The number of amides is 4. The molecule has 1 unspecified atom stereocenters. The van der Waals surface area contributed by atoms with Crippen molar-refractivity contribution in [3.05, 3.63) is 64.7 Å². The number of likely N-dealkylation sites (N-methyl/N-ethyl adjacent to an activating group) is 1. The highest BCUT2D eigenvalue weighted by molar-refractivity contribution is 6.06. The van der Waals surface area contributed by atoms with E-state index in [0.29, 0.717) is 23.5 Å². The summed E-state index contributed by atoms with van der Waals surface area (Å²) in [6.07, 6.45) is 3.88. The normalized spacial score (nSPS) is 22.8. The average molecular weight is 530 g/mol. The van der Waals surface area contributed by atoms with Gasteiger partial charge in [0, 0.05) is 56.0 Å². The zero-order valence-corrected chi connectivity index (χ0v) is 22.3. The highest BCUT2D eigenvalue weighted by atomic mass is 16.2. The van der Waals surface area contributed by atoms with E-state index in [0.717, 1.165) is 50.1 Å². The Balaban J connectivity index is 1.16. The molecule has 9 nitrogen and oxygen atoms in total. The van der Waals surface area contributed by atoms with Crippen molar-refractivity contribution in [2.75, 3.05) is 38.1 Å². The van der Waals surface area contributed by atoms with Gasteiger partial charge in [-0.2, -0.15) is 0 Å². The Morgan fingerprint density at radius 3 is 2.38 bits per heavy atom. The predicted molar refractivity (Wildman–Crippen MR) is 146 cm³/mol. The summed E-state index contributed by atoms with van der Waals surface area (Å²) in [6.45, 7) is 4.39.